The third-order valence-electron chi connectivity index (χ3n) is 5.02. The predicted molar refractivity (Wildman–Crippen MR) is 103 cm³/mol. The smallest absolute Gasteiger partial charge is 0.253 e. The molecule has 0 bridgehead atoms. The number of amides is 2. The van der Waals surface area contributed by atoms with Crippen LogP contribution in [0, 0.1) is 0 Å². The summed E-state index contributed by atoms with van der Waals surface area (Å²) in [5, 5.41) is 5.90. The summed E-state index contributed by atoms with van der Waals surface area (Å²) in [6.45, 7) is 2.40. The quantitative estimate of drug-likeness (QED) is 0.872. The summed E-state index contributed by atoms with van der Waals surface area (Å²) in [6.07, 6.45) is 3.02. The number of hydrogen-bond acceptors (Lipinski definition) is 3. The van der Waals surface area contributed by atoms with E-state index in [2.05, 4.69) is 34.6 Å². The van der Waals surface area contributed by atoms with Crippen molar-refractivity contribution in [2.75, 3.05) is 16.8 Å². The number of carbonyl (C=O) groups excluding carboxylic acids is 2. The Balaban J connectivity index is 1.46. The Labute approximate surface area is 153 Å². The van der Waals surface area contributed by atoms with Gasteiger partial charge in [-0.15, -0.1) is 0 Å². The average Bonchev–Trinajstić information content (AvgIpc) is 3.39. The van der Waals surface area contributed by atoms with Gasteiger partial charge in [-0.1, -0.05) is 30.3 Å². The molecule has 1 aliphatic heterocycles. The van der Waals surface area contributed by atoms with Gasteiger partial charge >= 0.3 is 0 Å². The zero-order valence-electron chi connectivity index (χ0n) is 14.9. The van der Waals surface area contributed by atoms with Crippen LogP contribution in [-0.2, 0) is 11.2 Å². The fraction of sp³-hybridized carbons (Fsp3) is 0.333. The van der Waals surface area contributed by atoms with Crippen molar-refractivity contribution >= 4 is 23.2 Å². The van der Waals surface area contributed by atoms with Gasteiger partial charge in [-0.3, -0.25) is 9.59 Å². The maximum absolute atomic E-state index is 12.6. The monoisotopic (exact) mass is 349 g/mol. The minimum absolute atomic E-state index is 0.111. The second kappa shape index (κ2) is 6.83. The van der Waals surface area contributed by atoms with Crippen molar-refractivity contribution in [3.63, 3.8) is 0 Å². The van der Waals surface area contributed by atoms with E-state index in [0.717, 1.165) is 24.9 Å². The summed E-state index contributed by atoms with van der Waals surface area (Å²) >= 11 is 0. The molecular formula is C21H23N3O2. The van der Waals surface area contributed by atoms with E-state index in [1.807, 2.05) is 24.3 Å². The lowest BCUT2D eigenvalue weighted by molar-refractivity contribution is -0.115. The van der Waals surface area contributed by atoms with E-state index < -0.39 is 0 Å². The van der Waals surface area contributed by atoms with Crippen molar-refractivity contribution in [2.45, 2.75) is 38.3 Å². The van der Waals surface area contributed by atoms with E-state index in [1.54, 1.807) is 12.1 Å². The molecule has 5 heteroatoms. The van der Waals surface area contributed by atoms with Crippen LogP contribution in [-0.4, -0.2) is 30.4 Å². The summed E-state index contributed by atoms with van der Waals surface area (Å²) < 4.78 is 0. The van der Waals surface area contributed by atoms with Gasteiger partial charge in [0.1, 0.15) is 0 Å². The van der Waals surface area contributed by atoms with Crippen molar-refractivity contribution in [1.29, 1.82) is 0 Å². The molecule has 2 aliphatic rings. The molecule has 1 aliphatic carbocycles. The van der Waals surface area contributed by atoms with Crippen molar-refractivity contribution in [3.05, 3.63) is 59.7 Å². The number of fused-ring (bicyclic) bond motifs is 1. The summed E-state index contributed by atoms with van der Waals surface area (Å²) in [5.41, 5.74) is 3.48. The molecule has 2 amide bonds. The zero-order valence-corrected chi connectivity index (χ0v) is 14.9. The number of benzene rings is 2. The number of hydrogen-bond donors (Lipinski definition) is 2. The molecule has 5 nitrogen and oxygen atoms in total. The van der Waals surface area contributed by atoms with E-state index in [4.69, 9.17) is 0 Å². The number of anilines is 2. The first kappa shape index (κ1) is 16.6. The maximum Gasteiger partial charge on any atom is 0.253 e. The number of para-hydroxylation sites is 2. The highest BCUT2D eigenvalue weighted by atomic mass is 16.2. The van der Waals surface area contributed by atoms with Crippen LogP contribution in [0.25, 0.3) is 0 Å². The highest BCUT2D eigenvalue weighted by molar-refractivity contribution is 6.04. The molecule has 2 aromatic rings. The molecule has 2 N–H and O–H groups in total. The van der Waals surface area contributed by atoms with Crippen LogP contribution in [0.5, 0.6) is 0 Å². The molecule has 1 atom stereocenters. The molecule has 2 aromatic carbocycles. The number of carbonyl (C=O) groups is 2. The van der Waals surface area contributed by atoms with Crippen molar-refractivity contribution in [2.24, 2.45) is 0 Å². The minimum Gasteiger partial charge on any atom is -0.359 e. The van der Waals surface area contributed by atoms with Gasteiger partial charge in [0.25, 0.3) is 5.91 Å². The van der Waals surface area contributed by atoms with Gasteiger partial charge in [-0.25, -0.2) is 0 Å². The van der Waals surface area contributed by atoms with Crippen LogP contribution in [0.15, 0.2) is 48.5 Å². The highest BCUT2D eigenvalue weighted by Gasteiger charge is 2.28. The van der Waals surface area contributed by atoms with Crippen LogP contribution in [0.2, 0.25) is 0 Å². The molecule has 1 saturated carbocycles. The van der Waals surface area contributed by atoms with E-state index in [9.17, 15) is 9.59 Å². The van der Waals surface area contributed by atoms with Gasteiger partial charge < -0.3 is 15.5 Å². The lowest BCUT2D eigenvalue weighted by Crippen LogP contribution is -2.37. The van der Waals surface area contributed by atoms with Crippen LogP contribution >= 0.6 is 0 Å². The molecule has 0 saturated heterocycles. The topological polar surface area (TPSA) is 61.4 Å². The number of nitrogens with zero attached hydrogens (tertiary/aromatic N) is 1. The Bertz CT molecular complexity index is 845. The van der Waals surface area contributed by atoms with E-state index in [-0.39, 0.29) is 30.4 Å². The van der Waals surface area contributed by atoms with Gasteiger partial charge in [-0.05, 0) is 49.9 Å². The molecule has 0 spiro atoms. The zero-order chi connectivity index (χ0) is 18.1. The molecule has 1 fully saturated rings. The first-order valence-electron chi connectivity index (χ1n) is 9.16. The second-order valence-electron chi connectivity index (χ2n) is 7.15. The largest absolute Gasteiger partial charge is 0.359 e. The normalized spacial score (nSPS) is 18.3. The highest BCUT2D eigenvalue weighted by Crippen LogP contribution is 2.31. The van der Waals surface area contributed by atoms with Crippen LogP contribution in [0.3, 0.4) is 0 Å². The van der Waals surface area contributed by atoms with Crippen LogP contribution in [0.1, 0.15) is 35.7 Å². The summed E-state index contributed by atoms with van der Waals surface area (Å²) in [7, 11) is 0. The van der Waals surface area contributed by atoms with Crippen LogP contribution in [0.4, 0.5) is 11.4 Å². The van der Waals surface area contributed by atoms with E-state index in [1.165, 1.54) is 5.56 Å². The predicted octanol–water partition coefficient (Wildman–Crippen LogP) is 2.97. The summed E-state index contributed by atoms with van der Waals surface area (Å²) in [4.78, 5) is 27.2. The van der Waals surface area contributed by atoms with Crippen LogP contribution < -0.4 is 15.5 Å². The first-order chi connectivity index (χ1) is 12.6. The van der Waals surface area contributed by atoms with Gasteiger partial charge in [0.2, 0.25) is 5.91 Å². The molecule has 0 radical (unpaired) electrons. The third-order valence-corrected chi connectivity index (χ3v) is 5.02. The molecule has 26 heavy (non-hydrogen) atoms. The molecule has 0 aromatic heterocycles. The fourth-order valence-corrected chi connectivity index (χ4v) is 3.50. The molecular weight excluding hydrogens is 326 g/mol. The van der Waals surface area contributed by atoms with Crippen molar-refractivity contribution < 1.29 is 9.59 Å². The van der Waals surface area contributed by atoms with E-state index >= 15 is 0 Å². The Morgan fingerprint density at radius 3 is 2.62 bits per heavy atom. The third kappa shape index (κ3) is 3.43. The maximum atomic E-state index is 12.6. The number of rotatable bonds is 5. The molecule has 4 rings (SSSR count). The summed E-state index contributed by atoms with van der Waals surface area (Å²) in [5.74, 6) is -0.233. The molecule has 1 heterocycles. The second-order valence-corrected chi connectivity index (χ2v) is 7.15. The van der Waals surface area contributed by atoms with Gasteiger partial charge in [0, 0.05) is 17.8 Å². The Morgan fingerprint density at radius 2 is 1.81 bits per heavy atom. The SMILES string of the molecule is C[C@@H]1Cc2ccccc2N1CC(=O)Nc1ccccc1C(=O)NC1CC1. The lowest BCUT2D eigenvalue weighted by atomic mass is 10.1. The summed E-state index contributed by atoms with van der Waals surface area (Å²) in [6, 6.07) is 15.9. The average molecular weight is 349 g/mol. The van der Waals surface area contributed by atoms with Gasteiger partial charge in [-0.2, -0.15) is 0 Å². The Hall–Kier alpha value is -2.82. The molecule has 0 unspecified atom stereocenters. The van der Waals surface area contributed by atoms with Gasteiger partial charge in [0.15, 0.2) is 0 Å². The Morgan fingerprint density at radius 1 is 1.08 bits per heavy atom. The van der Waals surface area contributed by atoms with E-state index in [0.29, 0.717) is 11.3 Å². The minimum atomic E-state index is -0.122. The lowest BCUT2D eigenvalue weighted by Gasteiger charge is -2.24. The van der Waals surface area contributed by atoms with Crippen molar-refractivity contribution in [1.82, 2.24) is 5.32 Å². The first-order valence-corrected chi connectivity index (χ1v) is 9.16. The standard InChI is InChI=1S/C21H23N3O2/c1-14-12-15-6-2-5-9-19(15)24(14)13-20(25)23-18-8-4-3-7-17(18)21(26)22-16-10-11-16/h2-9,14,16H,10-13H2,1H3,(H,22,26)(H,23,25)/t14-/m1/s1. The van der Waals surface area contributed by atoms with Crippen molar-refractivity contribution in [3.8, 4) is 0 Å². The fourth-order valence-electron chi connectivity index (χ4n) is 3.50. The Kier molecular flexibility index (Phi) is 4.37. The van der Waals surface area contributed by atoms with Gasteiger partial charge in [0.05, 0.1) is 17.8 Å². The molecule has 134 valence electrons. The number of nitrogens with one attached hydrogen (secondary N) is 2.